The molecule has 3 aliphatic heterocycles. The maximum Gasteiger partial charge on any atom is 0.342 e. The molecule has 6 rings (SSSR count). The average molecular weight is 467 g/mol. The smallest absolute Gasteiger partial charge is 0.342 e. The molecule has 4 heterocycles. The lowest BCUT2D eigenvalue weighted by Crippen LogP contribution is -2.51. The summed E-state index contributed by atoms with van der Waals surface area (Å²) < 4.78 is 20.0. The number of ether oxygens (including phenoxy) is 1. The van der Waals surface area contributed by atoms with Crippen molar-refractivity contribution in [3.05, 3.63) is 51.0 Å². The van der Waals surface area contributed by atoms with E-state index in [0.29, 0.717) is 47.3 Å². The fourth-order valence-corrected chi connectivity index (χ4v) is 6.50. The highest BCUT2D eigenvalue weighted by molar-refractivity contribution is 6.01. The zero-order valence-electron chi connectivity index (χ0n) is 19.5. The summed E-state index contributed by atoms with van der Waals surface area (Å²) >= 11 is 0. The predicted octanol–water partition coefficient (Wildman–Crippen LogP) is 2.66. The maximum absolute atomic E-state index is 14.8. The Labute approximate surface area is 196 Å². The standard InChI is InChI=1S/C26H27FN2O5/c1-4-26(33)16-7-19-22-14(9-29(19)23(31)15(16)10-34-24(26)32)21-20-13(5-6-25(21,3)11-30)12(2)17(27)8-18(20)28-22/h8,19,30,33H,4-7,9-11H2,1-3H3/t19?,25?,26-/m0/s1. The van der Waals surface area contributed by atoms with E-state index in [0.717, 1.165) is 22.1 Å². The number of cyclic esters (lactones) is 1. The minimum atomic E-state index is -1.83. The number of hydrogen-bond acceptors (Lipinski definition) is 6. The van der Waals surface area contributed by atoms with Crippen LogP contribution in [0.25, 0.3) is 10.9 Å². The van der Waals surface area contributed by atoms with Crippen LogP contribution >= 0.6 is 0 Å². The molecule has 2 aromatic rings. The van der Waals surface area contributed by atoms with Gasteiger partial charge in [0.1, 0.15) is 12.4 Å². The Morgan fingerprint density at radius 2 is 2.09 bits per heavy atom. The summed E-state index contributed by atoms with van der Waals surface area (Å²) in [5.41, 5.74) is 2.89. The molecule has 34 heavy (non-hydrogen) atoms. The molecule has 0 radical (unpaired) electrons. The first kappa shape index (κ1) is 21.7. The number of aliphatic hydroxyl groups excluding tert-OH is 1. The van der Waals surface area contributed by atoms with Crippen molar-refractivity contribution < 1.29 is 28.9 Å². The van der Waals surface area contributed by atoms with Crippen molar-refractivity contribution in [3.8, 4) is 0 Å². The molecule has 4 aliphatic rings. The molecule has 0 saturated heterocycles. The van der Waals surface area contributed by atoms with Gasteiger partial charge in [-0.25, -0.2) is 9.18 Å². The highest BCUT2D eigenvalue weighted by Crippen LogP contribution is 2.52. The molecule has 8 heteroatoms. The third-order valence-electron chi connectivity index (χ3n) is 8.61. The third-order valence-corrected chi connectivity index (χ3v) is 8.61. The lowest BCUT2D eigenvalue weighted by molar-refractivity contribution is -0.165. The molecule has 2 N–H and O–H groups in total. The van der Waals surface area contributed by atoms with E-state index in [9.17, 15) is 24.2 Å². The first-order chi connectivity index (χ1) is 16.1. The lowest BCUT2D eigenvalue weighted by Gasteiger charge is -2.41. The van der Waals surface area contributed by atoms with E-state index < -0.39 is 23.0 Å². The maximum atomic E-state index is 14.8. The summed E-state index contributed by atoms with van der Waals surface area (Å²) in [6.45, 7) is 5.56. The van der Waals surface area contributed by atoms with E-state index in [-0.39, 0.29) is 37.8 Å². The van der Waals surface area contributed by atoms with Crippen LogP contribution in [0.5, 0.6) is 0 Å². The molecule has 1 aliphatic carbocycles. The van der Waals surface area contributed by atoms with Crippen LogP contribution in [-0.4, -0.2) is 50.8 Å². The molecule has 1 aromatic heterocycles. The van der Waals surface area contributed by atoms with E-state index in [1.54, 1.807) is 18.7 Å². The van der Waals surface area contributed by atoms with Crippen LogP contribution in [0.2, 0.25) is 0 Å². The topological polar surface area (TPSA) is 100.0 Å². The summed E-state index contributed by atoms with van der Waals surface area (Å²) in [7, 11) is 0. The number of carbonyl (C=O) groups excluding carboxylic acids is 2. The van der Waals surface area contributed by atoms with Crippen molar-refractivity contribution >= 4 is 22.8 Å². The summed E-state index contributed by atoms with van der Waals surface area (Å²) in [5.74, 6) is -1.32. The van der Waals surface area contributed by atoms with Crippen LogP contribution in [0.4, 0.5) is 4.39 Å². The second-order valence-corrected chi connectivity index (χ2v) is 10.3. The van der Waals surface area contributed by atoms with Gasteiger partial charge in [0.05, 0.1) is 29.4 Å². The number of aryl methyl sites for hydroxylation is 1. The van der Waals surface area contributed by atoms with Crippen molar-refractivity contribution in [2.45, 2.75) is 70.1 Å². The second-order valence-electron chi connectivity index (χ2n) is 10.3. The largest absolute Gasteiger partial charge is 0.458 e. The number of rotatable bonds is 2. The number of carbonyl (C=O) groups is 2. The van der Waals surface area contributed by atoms with Gasteiger partial charge in [-0.1, -0.05) is 13.8 Å². The molecule has 3 atom stereocenters. The van der Waals surface area contributed by atoms with Gasteiger partial charge in [-0.2, -0.15) is 0 Å². The van der Waals surface area contributed by atoms with E-state index in [1.807, 2.05) is 6.92 Å². The molecular formula is C26H27FN2O5. The number of pyridine rings is 1. The van der Waals surface area contributed by atoms with Crippen LogP contribution in [0.1, 0.15) is 67.1 Å². The normalized spacial score (nSPS) is 29.8. The Balaban J connectivity index is 1.60. The van der Waals surface area contributed by atoms with Gasteiger partial charge in [0.25, 0.3) is 5.91 Å². The Kier molecular flexibility index (Phi) is 4.37. The summed E-state index contributed by atoms with van der Waals surface area (Å²) in [6.07, 6.45) is 1.68. The number of benzene rings is 1. The fraction of sp³-hybridized carbons (Fsp3) is 0.500. The number of amides is 1. The zero-order valence-corrected chi connectivity index (χ0v) is 19.5. The molecule has 178 valence electrons. The first-order valence-corrected chi connectivity index (χ1v) is 11.8. The van der Waals surface area contributed by atoms with Crippen LogP contribution in [0.3, 0.4) is 0 Å². The quantitative estimate of drug-likeness (QED) is 0.661. The summed E-state index contributed by atoms with van der Waals surface area (Å²) in [6, 6.07) is 0.975. The van der Waals surface area contributed by atoms with Crippen molar-refractivity contribution in [1.29, 1.82) is 0 Å². The van der Waals surface area contributed by atoms with Gasteiger partial charge >= 0.3 is 5.97 Å². The van der Waals surface area contributed by atoms with Crippen LogP contribution in [-0.2, 0) is 32.7 Å². The number of esters is 1. The van der Waals surface area contributed by atoms with Gasteiger partial charge in [-0.05, 0) is 60.4 Å². The van der Waals surface area contributed by atoms with Gasteiger partial charge in [0.2, 0.25) is 0 Å². The third kappa shape index (κ3) is 2.50. The van der Waals surface area contributed by atoms with E-state index >= 15 is 0 Å². The van der Waals surface area contributed by atoms with Crippen molar-refractivity contribution in [3.63, 3.8) is 0 Å². The number of aliphatic hydroxyl groups is 2. The highest BCUT2D eigenvalue weighted by atomic mass is 19.1. The number of hydrogen-bond donors (Lipinski definition) is 2. The van der Waals surface area contributed by atoms with Gasteiger partial charge in [-0.3, -0.25) is 9.78 Å². The molecule has 1 amide bonds. The van der Waals surface area contributed by atoms with Crippen molar-refractivity contribution in [1.82, 2.24) is 9.88 Å². The van der Waals surface area contributed by atoms with Gasteiger partial charge in [0, 0.05) is 23.4 Å². The lowest BCUT2D eigenvalue weighted by atomic mass is 9.69. The molecule has 0 bridgehead atoms. The Morgan fingerprint density at radius 3 is 2.79 bits per heavy atom. The number of fused-ring (bicyclic) bond motifs is 4. The fourth-order valence-electron chi connectivity index (χ4n) is 6.50. The summed E-state index contributed by atoms with van der Waals surface area (Å²) in [4.78, 5) is 32.6. The SMILES string of the molecule is CC[C@@]1(O)C(=O)OCC2=C1CC1c3nc4cc(F)c(C)c5c4c(c3CN1C2=O)C(C)(CO)CC5. The Morgan fingerprint density at radius 1 is 1.32 bits per heavy atom. The van der Waals surface area contributed by atoms with E-state index in [1.165, 1.54) is 6.07 Å². The molecule has 0 saturated carbocycles. The van der Waals surface area contributed by atoms with Crippen molar-refractivity contribution in [2.24, 2.45) is 0 Å². The molecule has 0 spiro atoms. The van der Waals surface area contributed by atoms with E-state index in [2.05, 4.69) is 0 Å². The number of nitrogens with zero attached hydrogens (tertiary/aromatic N) is 2. The Hall–Kier alpha value is -2.84. The second kappa shape index (κ2) is 6.86. The average Bonchev–Trinajstić information content (AvgIpc) is 3.19. The summed E-state index contributed by atoms with van der Waals surface area (Å²) in [5, 5.41) is 22.4. The van der Waals surface area contributed by atoms with Gasteiger partial charge < -0.3 is 19.8 Å². The highest BCUT2D eigenvalue weighted by Gasteiger charge is 2.53. The van der Waals surface area contributed by atoms with Crippen LogP contribution in [0.15, 0.2) is 17.2 Å². The number of halogens is 1. The van der Waals surface area contributed by atoms with Crippen molar-refractivity contribution in [2.75, 3.05) is 13.2 Å². The molecular weight excluding hydrogens is 439 g/mol. The van der Waals surface area contributed by atoms with E-state index in [4.69, 9.17) is 9.72 Å². The molecule has 1 aromatic carbocycles. The number of aromatic nitrogens is 1. The predicted molar refractivity (Wildman–Crippen MR) is 120 cm³/mol. The minimum Gasteiger partial charge on any atom is -0.458 e. The monoisotopic (exact) mass is 466 g/mol. The first-order valence-electron chi connectivity index (χ1n) is 11.8. The van der Waals surface area contributed by atoms with Gasteiger partial charge in [0.15, 0.2) is 5.60 Å². The van der Waals surface area contributed by atoms with Gasteiger partial charge in [-0.15, -0.1) is 0 Å². The van der Waals surface area contributed by atoms with Crippen LogP contribution < -0.4 is 0 Å². The zero-order chi connectivity index (χ0) is 24.2. The Bertz CT molecular complexity index is 1350. The minimum absolute atomic E-state index is 0.0697. The molecule has 7 nitrogen and oxygen atoms in total. The van der Waals surface area contributed by atoms with Crippen LogP contribution in [0, 0.1) is 12.7 Å². The molecule has 2 unspecified atom stereocenters. The molecule has 0 fully saturated rings.